The number of ketones is 1. The number of fused-ring (bicyclic) bond motifs is 2. The van der Waals surface area contributed by atoms with Crippen LogP contribution in [0.4, 0.5) is 0 Å². The first-order valence-electron chi connectivity index (χ1n) is 4.79. The normalized spacial score (nSPS) is 41.6. The molecule has 0 aromatic heterocycles. The summed E-state index contributed by atoms with van der Waals surface area (Å²) >= 11 is 4.61. The first-order valence-corrected chi connectivity index (χ1v) is 5.20. The van der Waals surface area contributed by atoms with Gasteiger partial charge in [0.15, 0.2) is 0 Å². The summed E-state index contributed by atoms with van der Waals surface area (Å²) < 4.78 is 0. The second-order valence-corrected chi connectivity index (χ2v) is 4.42. The van der Waals surface area contributed by atoms with Gasteiger partial charge in [0.1, 0.15) is 5.78 Å². The Morgan fingerprint density at radius 3 is 2.77 bits per heavy atom. The lowest BCUT2D eigenvalue weighted by Crippen LogP contribution is -2.27. The molecule has 70 valence electrons. The molecule has 2 aliphatic rings. The molecule has 0 N–H and O–H groups in total. The molecular weight excluding hydrogens is 182 g/mol. The third-order valence-electron chi connectivity index (χ3n) is 3.52. The van der Waals surface area contributed by atoms with Gasteiger partial charge in [-0.05, 0) is 50.2 Å². The number of isothiocyanates is 1. The van der Waals surface area contributed by atoms with Gasteiger partial charge in [-0.2, -0.15) is 0 Å². The van der Waals surface area contributed by atoms with Gasteiger partial charge in [-0.1, -0.05) is 0 Å². The van der Waals surface area contributed by atoms with Gasteiger partial charge in [-0.3, -0.25) is 4.79 Å². The number of carbonyl (C=O) groups excluding carboxylic acids is 1. The Balaban J connectivity index is 2.14. The van der Waals surface area contributed by atoms with Gasteiger partial charge in [0.2, 0.25) is 0 Å². The van der Waals surface area contributed by atoms with Crippen LogP contribution in [-0.4, -0.2) is 17.0 Å². The minimum atomic E-state index is 0.260. The van der Waals surface area contributed by atoms with E-state index in [1.165, 1.54) is 6.42 Å². The molecule has 13 heavy (non-hydrogen) atoms. The largest absolute Gasteiger partial charge is 0.300 e. The zero-order valence-electron chi connectivity index (χ0n) is 7.69. The summed E-state index contributed by atoms with van der Waals surface area (Å²) in [4.78, 5) is 15.4. The average Bonchev–Trinajstić information content (AvgIpc) is 2.62. The number of nitrogens with zero attached hydrogens (tertiary/aromatic N) is 1. The van der Waals surface area contributed by atoms with E-state index < -0.39 is 0 Å². The Bertz CT molecular complexity index is 271. The van der Waals surface area contributed by atoms with Crippen molar-refractivity contribution in [2.75, 3.05) is 0 Å². The monoisotopic (exact) mass is 195 g/mol. The maximum absolute atomic E-state index is 11.3. The molecule has 2 fully saturated rings. The van der Waals surface area contributed by atoms with Crippen LogP contribution < -0.4 is 0 Å². The fourth-order valence-corrected chi connectivity index (χ4v) is 3.13. The van der Waals surface area contributed by atoms with Crippen molar-refractivity contribution in [3.63, 3.8) is 0 Å². The van der Waals surface area contributed by atoms with Crippen LogP contribution in [0.2, 0.25) is 0 Å². The summed E-state index contributed by atoms with van der Waals surface area (Å²) in [5, 5.41) is 2.45. The predicted molar refractivity (Wildman–Crippen MR) is 53.8 cm³/mol. The van der Waals surface area contributed by atoms with Crippen molar-refractivity contribution >= 4 is 23.2 Å². The molecule has 2 nitrogen and oxygen atoms in total. The summed E-state index contributed by atoms with van der Waals surface area (Å²) in [6, 6.07) is 0.296. The van der Waals surface area contributed by atoms with Crippen LogP contribution in [0.15, 0.2) is 4.99 Å². The first-order chi connectivity index (χ1) is 6.22. The summed E-state index contributed by atoms with van der Waals surface area (Å²) in [5.74, 6) is 1.78. The summed E-state index contributed by atoms with van der Waals surface area (Å²) in [5.41, 5.74) is 0. The molecule has 0 aromatic rings. The molecule has 0 saturated heterocycles. The van der Waals surface area contributed by atoms with Crippen LogP contribution in [0.25, 0.3) is 0 Å². The van der Waals surface area contributed by atoms with Crippen molar-refractivity contribution in [1.29, 1.82) is 0 Å². The van der Waals surface area contributed by atoms with Crippen LogP contribution in [0.1, 0.15) is 26.2 Å². The van der Waals surface area contributed by atoms with Crippen molar-refractivity contribution in [1.82, 2.24) is 0 Å². The van der Waals surface area contributed by atoms with Gasteiger partial charge in [0.25, 0.3) is 0 Å². The number of rotatable bonds is 2. The smallest absolute Gasteiger partial charge is 0.133 e. The van der Waals surface area contributed by atoms with Crippen LogP contribution in [0.5, 0.6) is 0 Å². The van der Waals surface area contributed by atoms with Crippen molar-refractivity contribution < 1.29 is 4.79 Å². The molecular formula is C10H13NOS. The Kier molecular flexibility index (Phi) is 2.31. The molecule has 2 saturated carbocycles. The number of carbonyl (C=O) groups is 1. The highest BCUT2D eigenvalue weighted by molar-refractivity contribution is 7.78. The van der Waals surface area contributed by atoms with E-state index in [0.717, 1.165) is 18.8 Å². The van der Waals surface area contributed by atoms with E-state index in [4.69, 9.17) is 0 Å². The highest BCUT2D eigenvalue weighted by atomic mass is 32.1. The Morgan fingerprint density at radius 2 is 2.23 bits per heavy atom. The maximum Gasteiger partial charge on any atom is 0.133 e. The molecule has 3 heteroatoms. The first kappa shape index (κ1) is 9.04. The minimum absolute atomic E-state index is 0.260. The fourth-order valence-electron chi connectivity index (χ4n) is 3.00. The van der Waals surface area contributed by atoms with Gasteiger partial charge in [0.05, 0.1) is 11.2 Å². The lowest BCUT2D eigenvalue weighted by molar-refractivity contribution is -0.122. The third-order valence-corrected chi connectivity index (χ3v) is 3.62. The fraction of sp³-hybridized carbons (Fsp3) is 0.800. The number of Topliss-reactive ketones (excluding diaryl/α,β-unsaturated/α-hetero) is 1. The van der Waals surface area contributed by atoms with Gasteiger partial charge >= 0.3 is 0 Å². The van der Waals surface area contributed by atoms with Crippen LogP contribution >= 0.6 is 12.2 Å². The Hall–Kier alpha value is -0.530. The number of thiocarbonyl (C=S) groups is 1. The molecule has 0 heterocycles. The molecule has 0 spiro atoms. The highest BCUT2D eigenvalue weighted by Gasteiger charge is 2.47. The zero-order valence-corrected chi connectivity index (χ0v) is 8.51. The molecule has 0 aliphatic heterocycles. The quantitative estimate of drug-likeness (QED) is 0.499. The SMILES string of the molecule is CC(=O)[C@H]1CC2CC(N=C=S)C1C2. The lowest BCUT2D eigenvalue weighted by atomic mass is 9.83. The van der Waals surface area contributed by atoms with Crippen LogP contribution in [-0.2, 0) is 4.79 Å². The van der Waals surface area contributed by atoms with Crippen LogP contribution in [0.3, 0.4) is 0 Å². The predicted octanol–water partition coefficient (Wildman–Crippen LogP) is 2.09. The second kappa shape index (κ2) is 3.32. The van der Waals surface area contributed by atoms with E-state index in [2.05, 4.69) is 22.4 Å². The molecule has 2 bridgehead atoms. The van der Waals surface area contributed by atoms with Gasteiger partial charge in [-0.15, -0.1) is 0 Å². The van der Waals surface area contributed by atoms with Gasteiger partial charge in [-0.25, -0.2) is 4.99 Å². The molecule has 3 unspecified atom stereocenters. The molecule has 0 amide bonds. The standard InChI is InChI=1S/C10H13NOS/c1-6(12)8-2-7-3-9(8)10(4-7)11-5-13/h7-10H,2-4H2,1H3/t7?,8-,9?,10?/m1/s1. The van der Waals surface area contributed by atoms with Crippen LogP contribution in [0, 0.1) is 17.8 Å². The summed E-state index contributed by atoms with van der Waals surface area (Å²) in [6.07, 6.45) is 3.39. The molecule has 0 radical (unpaired) electrons. The molecule has 0 aromatic carbocycles. The van der Waals surface area contributed by atoms with E-state index in [0.29, 0.717) is 17.7 Å². The van der Waals surface area contributed by atoms with Gasteiger partial charge in [0, 0.05) is 5.92 Å². The topological polar surface area (TPSA) is 29.4 Å². The number of hydrogen-bond acceptors (Lipinski definition) is 3. The van der Waals surface area contributed by atoms with Crippen molar-refractivity contribution in [3.05, 3.63) is 0 Å². The minimum Gasteiger partial charge on any atom is -0.300 e. The van der Waals surface area contributed by atoms with E-state index in [1.54, 1.807) is 6.92 Å². The second-order valence-electron chi connectivity index (χ2n) is 4.24. The Morgan fingerprint density at radius 1 is 1.46 bits per heavy atom. The van der Waals surface area contributed by atoms with Crippen molar-refractivity contribution in [3.8, 4) is 0 Å². The lowest BCUT2D eigenvalue weighted by Gasteiger charge is -2.23. The van der Waals surface area contributed by atoms with E-state index in [-0.39, 0.29) is 5.92 Å². The summed E-state index contributed by atoms with van der Waals surface area (Å²) in [6.45, 7) is 1.70. The van der Waals surface area contributed by atoms with Crippen molar-refractivity contribution in [2.24, 2.45) is 22.7 Å². The average molecular weight is 195 g/mol. The van der Waals surface area contributed by atoms with E-state index >= 15 is 0 Å². The van der Waals surface area contributed by atoms with E-state index in [9.17, 15) is 4.79 Å². The zero-order chi connectivity index (χ0) is 9.42. The number of aliphatic imine (C=N–C) groups is 1. The maximum atomic E-state index is 11.3. The Labute approximate surface area is 83.4 Å². The molecule has 2 rings (SSSR count). The van der Waals surface area contributed by atoms with Gasteiger partial charge < -0.3 is 0 Å². The summed E-state index contributed by atoms with van der Waals surface area (Å²) in [7, 11) is 0. The van der Waals surface area contributed by atoms with E-state index in [1.807, 2.05) is 0 Å². The third kappa shape index (κ3) is 1.47. The molecule has 4 atom stereocenters. The number of hydrogen-bond donors (Lipinski definition) is 0. The molecule has 2 aliphatic carbocycles. The van der Waals surface area contributed by atoms with Crippen molar-refractivity contribution in [2.45, 2.75) is 32.2 Å². The highest BCUT2D eigenvalue weighted by Crippen LogP contribution is 2.49.